The van der Waals surface area contributed by atoms with Gasteiger partial charge in [0.1, 0.15) is 5.76 Å². The zero-order valence-electron chi connectivity index (χ0n) is 11.0. The van der Waals surface area contributed by atoms with Crippen LogP contribution < -0.4 is 5.32 Å². The summed E-state index contributed by atoms with van der Waals surface area (Å²) in [5.41, 5.74) is 2.34. The van der Waals surface area contributed by atoms with Gasteiger partial charge in [-0.05, 0) is 37.2 Å². The van der Waals surface area contributed by atoms with Crippen LogP contribution in [0.5, 0.6) is 0 Å². The highest BCUT2D eigenvalue weighted by Gasteiger charge is 2.17. The maximum Gasteiger partial charge on any atom is 0.108 e. The lowest BCUT2D eigenvalue weighted by Crippen LogP contribution is -2.19. The van der Waals surface area contributed by atoms with Gasteiger partial charge < -0.3 is 9.73 Å². The number of likely N-dealkylation sites (N-methyl/N-ethyl adjacent to an activating group) is 1. The van der Waals surface area contributed by atoms with Crippen molar-refractivity contribution in [3.8, 4) is 0 Å². The molecule has 19 heavy (non-hydrogen) atoms. The molecule has 1 N–H and O–H groups in total. The monoisotopic (exact) mass is 341 g/mol. The molecule has 102 valence electrons. The van der Waals surface area contributed by atoms with E-state index in [2.05, 4.69) is 34.2 Å². The average molecular weight is 343 g/mol. The molecule has 1 heterocycles. The SMILES string of the molecule is CCc1occc1C(Cc1ccc(Br)cc1Cl)NC. The zero-order chi connectivity index (χ0) is 13.8. The lowest BCUT2D eigenvalue weighted by Gasteiger charge is -2.17. The van der Waals surface area contributed by atoms with Crippen molar-refractivity contribution < 1.29 is 4.42 Å². The summed E-state index contributed by atoms with van der Waals surface area (Å²) < 4.78 is 6.50. The van der Waals surface area contributed by atoms with E-state index in [4.69, 9.17) is 16.0 Å². The lowest BCUT2D eigenvalue weighted by atomic mass is 9.98. The molecular weight excluding hydrogens is 326 g/mol. The molecule has 0 amide bonds. The Labute approximate surface area is 127 Å². The van der Waals surface area contributed by atoms with Crippen molar-refractivity contribution in [1.82, 2.24) is 5.32 Å². The largest absolute Gasteiger partial charge is 0.469 e. The summed E-state index contributed by atoms with van der Waals surface area (Å²) in [6.45, 7) is 2.10. The van der Waals surface area contributed by atoms with Crippen LogP contribution in [-0.2, 0) is 12.8 Å². The number of aryl methyl sites for hydroxylation is 1. The Morgan fingerprint density at radius 3 is 2.79 bits per heavy atom. The molecule has 0 aliphatic rings. The van der Waals surface area contributed by atoms with Crippen molar-refractivity contribution in [2.45, 2.75) is 25.8 Å². The molecule has 0 aliphatic heterocycles. The molecule has 1 unspecified atom stereocenters. The molecule has 1 aromatic carbocycles. The van der Waals surface area contributed by atoms with E-state index in [1.807, 2.05) is 25.2 Å². The summed E-state index contributed by atoms with van der Waals surface area (Å²) in [5.74, 6) is 1.03. The third kappa shape index (κ3) is 3.41. The van der Waals surface area contributed by atoms with Gasteiger partial charge in [0.2, 0.25) is 0 Å². The second-order valence-electron chi connectivity index (χ2n) is 4.43. The van der Waals surface area contributed by atoms with Crippen molar-refractivity contribution in [2.24, 2.45) is 0 Å². The number of nitrogens with one attached hydrogen (secondary N) is 1. The summed E-state index contributed by atoms with van der Waals surface area (Å²) >= 11 is 9.71. The fourth-order valence-corrected chi connectivity index (χ4v) is 2.97. The predicted molar refractivity (Wildman–Crippen MR) is 82.7 cm³/mol. The number of furan rings is 1. The van der Waals surface area contributed by atoms with E-state index in [9.17, 15) is 0 Å². The van der Waals surface area contributed by atoms with Gasteiger partial charge in [-0.2, -0.15) is 0 Å². The van der Waals surface area contributed by atoms with Crippen LogP contribution in [0.25, 0.3) is 0 Å². The standard InChI is InChI=1S/C15H17BrClNO/c1-3-15-12(6-7-19-15)14(18-2)8-10-4-5-11(16)9-13(10)17/h4-7,9,14,18H,3,8H2,1-2H3. The number of hydrogen-bond acceptors (Lipinski definition) is 2. The summed E-state index contributed by atoms with van der Waals surface area (Å²) in [5, 5.41) is 4.13. The Kier molecular flexibility index (Phi) is 5.08. The molecule has 2 aromatic rings. The minimum Gasteiger partial charge on any atom is -0.469 e. The van der Waals surface area contributed by atoms with Crippen LogP contribution in [0.1, 0.15) is 29.9 Å². The maximum atomic E-state index is 6.28. The Hall–Kier alpha value is -0.770. The van der Waals surface area contributed by atoms with Crippen molar-refractivity contribution in [3.05, 3.63) is 56.9 Å². The molecule has 0 fully saturated rings. The van der Waals surface area contributed by atoms with Gasteiger partial charge in [-0.1, -0.05) is 40.5 Å². The van der Waals surface area contributed by atoms with Gasteiger partial charge in [-0.25, -0.2) is 0 Å². The Bertz CT molecular complexity index is 553. The Morgan fingerprint density at radius 2 is 2.16 bits per heavy atom. The van der Waals surface area contributed by atoms with Gasteiger partial charge in [0.25, 0.3) is 0 Å². The molecule has 0 aliphatic carbocycles. The smallest absolute Gasteiger partial charge is 0.108 e. The number of rotatable bonds is 5. The van der Waals surface area contributed by atoms with Gasteiger partial charge in [-0.15, -0.1) is 0 Å². The van der Waals surface area contributed by atoms with Gasteiger partial charge in [0.05, 0.1) is 6.26 Å². The van der Waals surface area contributed by atoms with Crippen LogP contribution in [0, 0.1) is 0 Å². The second-order valence-corrected chi connectivity index (χ2v) is 5.76. The molecule has 1 atom stereocenters. The molecule has 0 radical (unpaired) electrons. The first-order valence-corrected chi connectivity index (χ1v) is 7.50. The topological polar surface area (TPSA) is 25.2 Å². The highest BCUT2D eigenvalue weighted by Crippen LogP contribution is 2.28. The van der Waals surface area contributed by atoms with Crippen molar-refractivity contribution in [1.29, 1.82) is 0 Å². The minimum absolute atomic E-state index is 0.215. The van der Waals surface area contributed by atoms with Crippen LogP contribution in [-0.4, -0.2) is 7.05 Å². The van der Waals surface area contributed by atoms with Crippen molar-refractivity contribution >= 4 is 27.5 Å². The fourth-order valence-electron chi connectivity index (χ4n) is 2.22. The molecule has 0 bridgehead atoms. The molecular formula is C15H17BrClNO. The van der Waals surface area contributed by atoms with Gasteiger partial charge >= 0.3 is 0 Å². The maximum absolute atomic E-state index is 6.28. The first-order valence-electron chi connectivity index (χ1n) is 6.33. The third-order valence-electron chi connectivity index (χ3n) is 3.26. The third-order valence-corrected chi connectivity index (χ3v) is 4.11. The predicted octanol–water partition coefficient (Wildman–Crippen LogP) is 4.76. The molecule has 2 nitrogen and oxygen atoms in total. The normalized spacial score (nSPS) is 12.6. The Morgan fingerprint density at radius 1 is 1.37 bits per heavy atom. The number of benzene rings is 1. The van der Waals surface area contributed by atoms with Gasteiger partial charge in [0, 0.05) is 27.5 Å². The summed E-state index contributed by atoms with van der Waals surface area (Å²) in [6.07, 6.45) is 3.49. The van der Waals surface area contributed by atoms with Crippen LogP contribution in [0.15, 0.2) is 39.4 Å². The summed E-state index contributed by atoms with van der Waals surface area (Å²) in [7, 11) is 1.96. The number of halogens is 2. The zero-order valence-corrected chi connectivity index (χ0v) is 13.4. The van der Waals surface area contributed by atoms with Gasteiger partial charge in [0.15, 0.2) is 0 Å². The van der Waals surface area contributed by atoms with E-state index in [0.29, 0.717) is 0 Å². The van der Waals surface area contributed by atoms with E-state index in [0.717, 1.165) is 33.7 Å². The molecule has 2 rings (SSSR count). The first kappa shape index (κ1) is 14.6. The molecule has 0 saturated carbocycles. The molecule has 1 aromatic heterocycles. The quantitative estimate of drug-likeness (QED) is 0.847. The molecule has 4 heteroatoms. The van der Waals surface area contributed by atoms with E-state index in [1.54, 1.807) is 6.26 Å². The molecule has 0 saturated heterocycles. The highest BCUT2D eigenvalue weighted by molar-refractivity contribution is 9.10. The fraction of sp³-hybridized carbons (Fsp3) is 0.333. The van der Waals surface area contributed by atoms with E-state index in [1.165, 1.54) is 5.56 Å². The summed E-state index contributed by atoms with van der Waals surface area (Å²) in [6, 6.07) is 8.26. The summed E-state index contributed by atoms with van der Waals surface area (Å²) in [4.78, 5) is 0. The minimum atomic E-state index is 0.215. The van der Waals surface area contributed by atoms with E-state index >= 15 is 0 Å². The lowest BCUT2D eigenvalue weighted by molar-refractivity contribution is 0.495. The van der Waals surface area contributed by atoms with Gasteiger partial charge in [-0.3, -0.25) is 0 Å². The first-order chi connectivity index (χ1) is 9.15. The van der Waals surface area contributed by atoms with Crippen LogP contribution >= 0.6 is 27.5 Å². The molecule has 0 spiro atoms. The van der Waals surface area contributed by atoms with Crippen LogP contribution in [0.2, 0.25) is 5.02 Å². The van der Waals surface area contributed by atoms with E-state index < -0.39 is 0 Å². The van der Waals surface area contributed by atoms with Crippen molar-refractivity contribution in [2.75, 3.05) is 7.05 Å². The van der Waals surface area contributed by atoms with Crippen molar-refractivity contribution in [3.63, 3.8) is 0 Å². The number of hydrogen-bond donors (Lipinski definition) is 1. The highest BCUT2D eigenvalue weighted by atomic mass is 79.9. The second kappa shape index (κ2) is 6.60. The Balaban J connectivity index is 2.24. The average Bonchev–Trinajstić information content (AvgIpc) is 2.86. The van der Waals surface area contributed by atoms with Crippen LogP contribution in [0.3, 0.4) is 0 Å². The van der Waals surface area contributed by atoms with E-state index in [-0.39, 0.29) is 6.04 Å². The van der Waals surface area contributed by atoms with Crippen LogP contribution in [0.4, 0.5) is 0 Å².